The maximum atomic E-state index is 13.5. The first-order valence-corrected chi connectivity index (χ1v) is 9.63. The second-order valence-electron chi connectivity index (χ2n) is 6.80. The van der Waals surface area contributed by atoms with Gasteiger partial charge in [-0.3, -0.25) is 4.79 Å². The van der Waals surface area contributed by atoms with Gasteiger partial charge in [0.25, 0.3) is 11.3 Å². The number of methoxy groups -OCH3 is 1. The molecule has 0 unspecified atom stereocenters. The van der Waals surface area contributed by atoms with Gasteiger partial charge < -0.3 is 9.30 Å². The number of fused-ring (bicyclic) bond motifs is 2. The molecule has 0 bridgehead atoms. The Morgan fingerprint density at radius 1 is 1.10 bits per heavy atom. The molecule has 148 valence electrons. The highest BCUT2D eigenvalue weighted by molar-refractivity contribution is 6.30. The fraction of sp³-hybridized carbons (Fsp3) is 0.0909. The van der Waals surface area contributed by atoms with E-state index in [2.05, 4.69) is 15.1 Å². The minimum absolute atomic E-state index is 0.164. The van der Waals surface area contributed by atoms with Gasteiger partial charge in [-0.25, -0.2) is 4.98 Å². The summed E-state index contributed by atoms with van der Waals surface area (Å²) in [5.41, 5.74) is 2.76. The van der Waals surface area contributed by atoms with Crippen molar-refractivity contribution < 1.29 is 4.74 Å². The van der Waals surface area contributed by atoms with Crippen molar-refractivity contribution in [3.63, 3.8) is 0 Å². The minimum atomic E-state index is -0.164. The molecule has 3 aromatic heterocycles. The standard InChI is InChI=1S/C22H16ClN5O2/c1-30-17-7-5-14(6-8-17)12-27-10-9-18-19(21(27)29)20(15-3-2-4-16(23)11-15)28-22(26-18)24-13-25-28/h2-11,13H,12H2,1H3. The molecule has 0 aliphatic carbocycles. The van der Waals surface area contributed by atoms with Crippen LogP contribution in [0.2, 0.25) is 5.02 Å². The summed E-state index contributed by atoms with van der Waals surface area (Å²) in [6.45, 7) is 0.420. The van der Waals surface area contributed by atoms with Gasteiger partial charge in [0.2, 0.25) is 0 Å². The Kier molecular flexibility index (Phi) is 4.44. The topological polar surface area (TPSA) is 74.3 Å². The molecule has 0 amide bonds. The number of halogens is 1. The fourth-order valence-corrected chi connectivity index (χ4v) is 3.71. The third-order valence-corrected chi connectivity index (χ3v) is 5.19. The van der Waals surface area contributed by atoms with Crippen molar-refractivity contribution in [1.29, 1.82) is 0 Å². The van der Waals surface area contributed by atoms with Crippen molar-refractivity contribution in [3.05, 3.63) is 88.1 Å². The van der Waals surface area contributed by atoms with E-state index in [1.54, 1.807) is 34.5 Å². The summed E-state index contributed by atoms with van der Waals surface area (Å²) in [4.78, 5) is 22.2. The van der Waals surface area contributed by atoms with Crippen LogP contribution < -0.4 is 10.3 Å². The SMILES string of the molecule is COc1ccc(Cn2ccc3nc4ncnn4c(-c4cccc(Cl)c4)c3c2=O)cc1. The minimum Gasteiger partial charge on any atom is -0.497 e. The van der Waals surface area contributed by atoms with Gasteiger partial charge in [-0.2, -0.15) is 14.6 Å². The molecule has 7 nitrogen and oxygen atoms in total. The molecule has 0 saturated heterocycles. The smallest absolute Gasteiger partial charge is 0.262 e. The maximum absolute atomic E-state index is 13.5. The Morgan fingerprint density at radius 2 is 1.93 bits per heavy atom. The van der Waals surface area contributed by atoms with Crippen molar-refractivity contribution in [2.24, 2.45) is 0 Å². The fourth-order valence-electron chi connectivity index (χ4n) is 3.52. The Labute approximate surface area is 176 Å². The van der Waals surface area contributed by atoms with E-state index in [1.807, 2.05) is 42.5 Å². The second kappa shape index (κ2) is 7.27. The Morgan fingerprint density at radius 3 is 2.70 bits per heavy atom. The summed E-state index contributed by atoms with van der Waals surface area (Å²) in [5.74, 6) is 1.19. The Hall–Kier alpha value is -3.71. The van der Waals surface area contributed by atoms with Crippen LogP contribution in [0.5, 0.6) is 5.75 Å². The molecule has 0 fully saturated rings. The molecule has 5 aromatic rings. The van der Waals surface area contributed by atoms with Crippen LogP contribution in [-0.4, -0.2) is 31.3 Å². The third-order valence-electron chi connectivity index (χ3n) is 4.95. The number of hydrogen-bond acceptors (Lipinski definition) is 5. The molecule has 0 N–H and O–H groups in total. The number of aromatic nitrogens is 5. The highest BCUT2D eigenvalue weighted by atomic mass is 35.5. The summed E-state index contributed by atoms with van der Waals surface area (Å²) in [5, 5.41) is 5.32. The number of pyridine rings is 1. The lowest BCUT2D eigenvalue weighted by Crippen LogP contribution is -2.22. The maximum Gasteiger partial charge on any atom is 0.262 e. The first-order valence-electron chi connectivity index (χ1n) is 9.26. The largest absolute Gasteiger partial charge is 0.497 e. The molecular weight excluding hydrogens is 402 g/mol. The molecule has 0 aliphatic rings. The molecule has 0 aliphatic heterocycles. The van der Waals surface area contributed by atoms with Crippen LogP contribution in [0.15, 0.2) is 71.9 Å². The van der Waals surface area contributed by atoms with Crippen LogP contribution in [0.3, 0.4) is 0 Å². The van der Waals surface area contributed by atoms with Crippen molar-refractivity contribution in [1.82, 2.24) is 24.1 Å². The van der Waals surface area contributed by atoms with Gasteiger partial charge in [0.1, 0.15) is 12.1 Å². The predicted octanol–water partition coefficient (Wildman–Crippen LogP) is 3.82. The van der Waals surface area contributed by atoms with E-state index in [9.17, 15) is 4.79 Å². The highest BCUT2D eigenvalue weighted by Crippen LogP contribution is 2.28. The zero-order valence-electron chi connectivity index (χ0n) is 16.0. The summed E-state index contributed by atoms with van der Waals surface area (Å²) < 4.78 is 8.44. The molecule has 3 heterocycles. The summed E-state index contributed by atoms with van der Waals surface area (Å²) >= 11 is 6.22. The van der Waals surface area contributed by atoms with E-state index in [1.165, 1.54) is 6.33 Å². The Bertz CT molecular complexity index is 1440. The normalized spacial score (nSPS) is 11.3. The van der Waals surface area contributed by atoms with Crippen LogP contribution in [-0.2, 0) is 6.54 Å². The van der Waals surface area contributed by atoms with Gasteiger partial charge in [0.05, 0.1) is 30.3 Å². The zero-order chi connectivity index (χ0) is 20.7. The molecule has 2 aromatic carbocycles. The van der Waals surface area contributed by atoms with E-state index in [-0.39, 0.29) is 5.56 Å². The van der Waals surface area contributed by atoms with Crippen molar-refractivity contribution in [2.75, 3.05) is 7.11 Å². The van der Waals surface area contributed by atoms with E-state index in [4.69, 9.17) is 16.3 Å². The number of ether oxygens (including phenoxy) is 1. The molecule has 0 saturated carbocycles. The summed E-state index contributed by atoms with van der Waals surface area (Å²) in [6, 6.07) is 16.8. The highest BCUT2D eigenvalue weighted by Gasteiger charge is 2.17. The third kappa shape index (κ3) is 3.09. The van der Waals surface area contributed by atoms with Gasteiger partial charge >= 0.3 is 0 Å². The number of rotatable bonds is 4. The molecule has 30 heavy (non-hydrogen) atoms. The van der Waals surface area contributed by atoms with E-state index < -0.39 is 0 Å². The van der Waals surface area contributed by atoms with Gasteiger partial charge in [-0.05, 0) is 35.9 Å². The number of benzene rings is 2. The number of hydrogen-bond donors (Lipinski definition) is 0. The molecule has 5 rings (SSSR count). The van der Waals surface area contributed by atoms with Crippen LogP contribution in [0, 0.1) is 0 Å². The second-order valence-corrected chi connectivity index (χ2v) is 7.24. The first-order chi connectivity index (χ1) is 14.6. The monoisotopic (exact) mass is 417 g/mol. The summed E-state index contributed by atoms with van der Waals surface area (Å²) in [6.07, 6.45) is 3.17. The van der Waals surface area contributed by atoms with Gasteiger partial charge in [0.15, 0.2) is 0 Å². The predicted molar refractivity (Wildman–Crippen MR) is 115 cm³/mol. The van der Waals surface area contributed by atoms with Gasteiger partial charge in [-0.1, -0.05) is 35.9 Å². The van der Waals surface area contributed by atoms with Gasteiger partial charge in [0, 0.05) is 16.8 Å². The van der Waals surface area contributed by atoms with E-state index in [0.717, 1.165) is 16.9 Å². The van der Waals surface area contributed by atoms with Gasteiger partial charge in [-0.15, -0.1) is 0 Å². The Balaban J connectivity index is 1.74. The molecule has 0 radical (unpaired) electrons. The molecule has 0 atom stereocenters. The summed E-state index contributed by atoms with van der Waals surface area (Å²) in [7, 11) is 1.62. The molecule has 0 spiro atoms. The van der Waals surface area contributed by atoms with Crippen molar-refractivity contribution >= 4 is 28.3 Å². The van der Waals surface area contributed by atoms with Crippen LogP contribution in [0.25, 0.3) is 27.9 Å². The molecular formula is C22H16ClN5O2. The zero-order valence-corrected chi connectivity index (χ0v) is 16.7. The number of nitrogens with zero attached hydrogens (tertiary/aromatic N) is 5. The lowest BCUT2D eigenvalue weighted by molar-refractivity contribution is 0.414. The average molecular weight is 418 g/mol. The van der Waals surface area contributed by atoms with Crippen LogP contribution in [0.1, 0.15) is 5.56 Å². The quantitative estimate of drug-likeness (QED) is 0.444. The lowest BCUT2D eigenvalue weighted by Gasteiger charge is -2.12. The lowest BCUT2D eigenvalue weighted by atomic mass is 10.1. The van der Waals surface area contributed by atoms with E-state index >= 15 is 0 Å². The molecule has 8 heteroatoms. The average Bonchev–Trinajstić information content (AvgIpc) is 3.23. The van der Waals surface area contributed by atoms with Crippen LogP contribution >= 0.6 is 11.6 Å². The van der Waals surface area contributed by atoms with Crippen LogP contribution in [0.4, 0.5) is 0 Å². The van der Waals surface area contributed by atoms with Crippen molar-refractivity contribution in [2.45, 2.75) is 6.54 Å². The van der Waals surface area contributed by atoms with Crippen molar-refractivity contribution in [3.8, 4) is 17.0 Å². The van der Waals surface area contributed by atoms with E-state index in [0.29, 0.717) is 33.9 Å². The first kappa shape index (κ1) is 18.3.